The molecule has 2 aliphatic heterocycles. The molecular formula is C24H24FN5O3. The van der Waals surface area contributed by atoms with Crippen molar-refractivity contribution in [3.63, 3.8) is 0 Å². The second-order valence-electron chi connectivity index (χ2n) is 7.95. The van der Waals surface area contributed by atoms with Gasteiger partial charge in [0.25, 0.3) is 0 Å². The minimum atomic E-state index is -0.537. The lowest BCUT2D eigenvalue weighted by Gasteiger charge is -2.27. The minimum absolute atomic E-state index is 0.0393. The fraction of sp³-hybridized carbons (Fsp3) is 0.333. The average Bonchev–Trinajstić information content (AvgIpc) is 3.19. The number of carbonyl (C=O) groups excluding carboxylic acids is 2. The number of ether oxygens (including phenoxy) is 1. The molecule has 170 valence electrons. The Morgan fingerprint density at radius 1 is 1.30 bits per heavy atom. The molecule has 0 N–H and O–H groups in total. The monoisotopic (exact) mass is 449 g/mol. The number of nitrogens with zero attached hydrogens (tertiary/aromatic N) is 5. The Morgan fingerprint density at radius 3 is 2.79 bits per heavy atom. The van der Waals surface area contributed by atoms with E-state index in [1.165, 1.54) is 17.9 Å². The van der Waals surface area contributed by atoms with Crippen LogP contribution >= 0.6 is 0 Å². The van der Waals surface area contributed by atoms with Crippen LogP contribution < -0.4 is 9.91 Å². The first kappa shape index (κ1) is 22.3. The summed E-state index contributed by atoms with van der Waals surface area (Å²) in [5.74, 6) is 2.81. The molecule has 1 atom stereocenters. The number of hydrazone groups is 1. The van der Waals surface area contributed by atoms with E-state index in [1.54, 1.807) is 41.8 Å². The number of ketones is 1. The molecule has 8 nitrogen and oxygen atoms in total. The van der Waals surface area contributed by atoms with Crippen LogP contribution in [0.3, 0.4) is 0 Å². The van der Waals surface area contributed by atoms with E-state index in [2.05, 4.69) is 16.0 Å². The smallest absolute Gasteiger partial charge is 0.414 e. The summed E-state index contributed by atoms with van der Waals surface area (Å²) in [6.45, 7) is 3.68. The van der Waals surface area contributed by atoms with Gasteiger partial charge >= 0.3 is 6.09 Å². The van der Waals surface area contributed by atoms with Gasteiger partial charge in [-0.3, -0.25) is 4.90 Å². The molecule has 9 heteroatoms. The molecule has 2 aliphatic rings. The maximum atomic E-state index is 14.9. The molecule has 2 aromatic rings. The van der Waals surface area contributed by atoms with Crippen LogP contribution in [0.1, 0.15) is 19.8 Å². The van der Waals surface area contributed by atoms with E-state index in [-0.39, 0.29) is 18.4 Å². The molecule has 4 rings (SSSR count). The molecular weight excluding hydrogens is 425 g/mol. The lowest BCUT2D eigenvalue weighted by Crippen LogP contribution is -2.38. The maximum Gasteiger partial charge on any atom is 0.414 e. The Balaban J connectivity index is 1.44. The van der Waals surface area contributed by atoms with Crippen LogP contribution in [0.4, 0.5) is 20.7 Å². The van der Waals surface area contributed by atoms with Gasteiger partial charge < -0.3 is 14.4 Å². The molecule has 0 spiro atoms. The number of terminal acetylenes is 1. The fourth-order valence-corrected chi connectivity index (χ4v) is 3.74. The van der Waals surface area contributed by atoms with Gasteiger partial charge in [0.05, 0.1) is 25.3 Å². The Bertz CT molecular complexity index is 1110. The molecule has 3 heterocycles. The van der Waals surface area contributed by atoms with Crippen molar-refractivity contribution in [2.24, 2.45) is 5.10 Å². The van der Waals surface area contributed by atoms with E-state index >= 15 is 0 Å². The highest BCUT2D eigenvalue weighted by atomic mass is 19.1. The predicted molar refractivity (Wildman–Crippen MR) is 123 cm³/mol. The molecule has 1 aromatic heterocycles. The van der Waals surface area contributed by atoms with Crippen molar-refractivity contribution in [3.05, 3.63) is 42.3 Å². The zero-order valence-corrected chi connectivity index (χ0v) is 18.3. The normalized spacial score (nSPS) is 17.8. The number of carbonyl (C=O) groups is 2. The summed E-state index contributed by atoms with van der Waals surface area (Å²) in [6.07, 6.45) is 8.49. The zero-order chi connectivity index (χ0) is 23.4. The van der Waals surface area contributed by atoms with Crippen LogP contribution in [0.2, 0.25) is 0 Å². The number of pyridine rings is 1. The van der Waals surface area contributed by atoms with Crippen molar-refractivity contribution in [1.29, 1.82) is 0 Å². The third kappa shape index (κ3) is 5.12. The van der Waals surface area contributed by atoms with E-state index in [0.29, 0.717) is 48.6 Å². The highest BCUT2D eigenvalue weighted by molar-refractivity contribution is 5.90. The maximum absolute atomic E-state index is 14.9. The standard InChI is InChI=1S/C24H24FN5O3/c1-3-10-28-11-12-30(27-16-28)23-9-5-18(14-26-23)21-8-6-19(13-22(21)25)29-15-20(33-24(29)32)7-4-17(2)31/h1,5-6,8-9,13-14,16,20H,4,7,10-12,15H2,2H3/t20-/m0/s1. The van der Waals surface area contributed by atoms with Gasteiger partial charge in [0.15, 0.2) is 0 Å². The highest BCUT2D eigenvalue weighted by Crippen LogP contribution is 2.30. The number of benzene rings is 1. The predicted octanol–water partition coefficient (Wildman–Crippen LogP) is 3.28. The minimum Gasteiger partial charge on any atom is -0.444 e. The van der Waals surface area contributed by atoms with Gasteiger partial charge in [0, 0.05) is 30.3 Å². The molecule has 1 aromatic carbocycles. The lowest BCUT2D eigenvalue weighted by atomic mass is 10.1. The molecule has 33 heavy (non-hydrogen) atoms. The van der Waals surface area contributed by atoms with Gasteiger partial charge in [0.1, 0.15) is 29.9 Å². The number of Topliss-reactive ketones (excluding diaryl/α,β-unsaturated/α-hetero) is 1. The molecule has 0 unspecified atom stereocenters. The van der Waals surface area contributed by atoms with Gasteiger partial charge in [0.2, 0.25) is 0 Å². The third-order valence-electron chi connectivity index (χ3n) is 5.53. The summed E-state index contributed by atoms with van der Waals surface area (Å²) in [6, 6.07) is 8.18. The molecule has 1 amide bonds. The molecule has 0 saturated carbocycles. The molecule has 1 fully saturated rings. The SMILES string of the molecule is C#CCN1C=NN(c2ccc(-c3ccc(N4C[C@H](CCC(C)=O)OC4=O)cc3F)cn2)CC1. The lowest BCUT2D eigenvalue weighted by molar-refractivity contribution is -0.117. The van der Waals surface area contributed by atoms with Gasteiger partial charge in [-0.1, -0.05) is 5.92 Å². The van der Waals surface area contributed by atoms with E-state index in [9.17, 15) is 14.0 Å². The molecule has 0 bridgehead atoms. The van der Waals surface area contributed by atoms with Crippen molar-refractivity contribution in [1.82, 2.24) is 9.88 Å². The Morgan fingerprint density at radius 2 is 2.15 bits per heavy atom. The second kappa shape index (κ2) is 9.69. The molecule has 0 aliphatic carbocycles. The van der Waals surface area contributed by atoms with E-state index in [4.69, 9.17) is 11.2 Å². The summed E-state index contributed by atoms with van der Waals surface area (Å²) in [4.78, 5) is 31.1. The van der Waals surface area contributed by atoms with Gasteiger partial charge in [-0.05, 0) is 43.7 Å². The number of hydrogen-bond donors (Lipinski definition) is 0. The second-order valence-corrected chi connectivity index (χ2v) is 7.95. The van der Waals surface area contributed by atoms with Crippen molar-refractivity contribution < 1.29 is 18.7 Å². The summed E-state index contributed by atoms with van der Waals surface area (Å²) in [5, 5.41) is 6.11. The first-order valence-corrected chi connectivity index (χ1v) is 10.7. The molecule has 0 radical (unpaired) electrons. The number of aromatic nitrogens is 1. The Kier molecular flexibility index (Phi) is 6.54. The van der Waals surface area contributed by atoms with E-state index in [1.807, 2.05) is 4.90 Å². The first-order chi connectivity index (χ1) is 15.9. The van der Waals surface area contributed by atoms with Crippen LogP contribution in [0, 0.1) is 18.2 Å². The van der Waals surface area contributed by atoms with E-state index in [0.717, 1.165) is 6.54 Å². The van der Waals surface area contributed by atoms with Crippen molar-refractivity contribution in [2.75, 3.05) is 36.1 Å². The number of halogens is 1. The van der Waals surface area contributed by atoms with Crippen LogP contribution in [-0.2, 0) is 9.53 Å². The van der Waals surface area contributed by atoms with Crippen molar-refractivity contribution >= 4 is 29.7 Å². The van der Waals surface area contributed by atoms with Crippen LogP contribution in [0.25, 0.3) is 11.1 Å². The number of cyclic esters (lactones) is 1. The quantitative estimate of drug-likeness (QED) is 0.604. The van der Waals surface area contributed by atoms with E-state index < -0.39 is 11.9 Å². The van der Waals surface area contributed by atoms with Crippen LogP contribution in [0.15, 0.2) is 41.6 Å². The van der Waals surface area contributed by atoms with Crippen molar-refractivity contribution in [3.8, 4) is 23.5 Å². The third-order valence-corrected chi connectivity index (χ3v) is 5.53. The van der Waals surface area contributed by atoms with Crippen LogP contribution in [0.5, 0.6) is 0 Å². The average molecular weight is 449 g/mol. The largest absolute Gasteiger partial charge is 0.444 e. The highest BCUT2D eigenvalue weighted by Gasteiger charge is 2.32. The summed E-state index contributed by atoms with van der Waals surface area (Å²) in [7, 11) is 0. The fourth-order valence-electron chi connectivity index (χ4n) is 3.74. The molecule has 1 saturated heterocycles. The summed E-state index contributed by atoms with van der Waals surface area (Å²) < 4.78 is 20.2. The zero-order valence-electron chi connectivity index (χ0n) is 18.3. The first-order valence-electron chi connectivity index (χ1n) is 10.7. The topological polar surface area (TPSA) is 78.3 Å². The van der Waals surface area contributed by atoms with Gasteiger partial charge in [-0.25, -0.2) is 19.2 Å². The Hall–Kier alpha value is -3.93. The number of hydrogen-bond acceptors (Lipinski definition) is 7. The van der Waals surface area contributed by atoms with Crippen LogP contribution in [-0.4, -0.2) is 60.4 Å². The van der Waals surface area contributed by atoms with Gasteiger partial charge in [-0.2, -0.15) is 5.10 Å². The summed E-state index contributed by atoms with van der Waals surface area (Å²) >= 11 is 0. The summed E-state index contributed by atoms with van der Waals surface area (Å²) in [5.41, 5.74) is 1.40. The Labute approximate surface area is 191 Å². The van der Waals surface area contributed by atoms with Gasteiger partial charge in [-0.15, -0.1) is 6.42 Å². The number of rotatable bonds is 7. The van der Waals surface area contributed by atoms with Crippen molar-refractivity contribution in [2.45, 2.75) is 25.9 Å². The number of amides is 1. The number of anilines is 2.